The zero-order valence-corrected chi connectivity index (χ0v) is 11.5. The van der Waals surface area contributed by atoms with Crippen LogP contribution in [0.2, 0.25) is 0 Å². The normalized spacial score (nSPS) is 11.4. The van der Waals surface area contributed by atoms with E-state index in [0.717, 1.165) is 16.9 Å². The Morgan fingerprint density at radius 3 is 2.61 bits per heavy atom. The summed E-state index contributed by atoms with van der Waals surface area (Å²) in [5.41, 5.74) is 1.01. The fourth-order valence-corrected chi connectivity index (χ4v) is 3.57. The maximum Gasteiger partial charge on any atom is 0.273 e. The maximum absolute atomic E-state index is 12.0. The number of nitrogens with one attached hydrogen (secondary N) is 1. The predicted molar refractivity (Wildman–Crippen MR) is 70.5 cm³/mol. The standard InChI is InChI=1S/C11H12N2O3S2/c1-7-3-4-9(10(14)5-7)13-18(15,16)11-6-12-8(2)17-11/h3-6,13-14H,1-2H3. The number of phenols is 1. The molecule has 0 unspecified atom stereocenters. The highest BCUT2D eigenvalue weighted by molar-refractivity contribution is 7.94. The Morgan fingerprint density at radius 2 is 2.06 bits per heavy atom. The Kier molecular flexibility index (Phi) is 3.27. The zero-order chi connectivity index (χ0) is 13.3. The molecule has 2 N–H and O–H groups in total. The van der Waals surface area contributed by atoms with Gasteiger partial charge < -0.3 is 5.11 Å². The third-order valence-corrected chi connectivity index (χ3v) is 5.00. The van der Waals surface area contributed by atoms with Crippen LogP contribution in [0.25, 0.3) is 0 Å². The molecular formula is C11H12N2O3S2. The number of sulfonamides is 1. The molecule has 0 aliphatic heterocycles. The molecule has 0 atom stereocenters. The summed E-state index contributed by atoms with van der Waals surface area (Å²) in [6, 6.07) is 4.74. The van der Waals surface area contributed by atoms with Crippen molar-refractivity contribution in [1.29, 1.82) is 0 Å². The molecule has 5 nitrogen and oxygen atoms in total. The van der Waals surface area contributed by atoms with Crippen molar-refractivity contribution in [1.82, 2.24) is 4.98 Å². The van der Waals surface area contributed by atoms with Gasteiger partial charge in [-0.2, -0.15) is 0 Å². The highest BCUT2D eigenvalue weighted by Gasteiger charge is 2.18. The van der Waals surface area contributed by atoms with Crippen molar-refractivity contribution in [3.05, 3.63) is 35.0 Å². The first-order valence-electron chi connectivity index (χ1n) is 5.13. The predicted octanol–water partition coefficient (Wildman–Crippen LogP) is 2.27. The molecular weight excluding hydrogens is 272 g/mol. The summed E-state index contributed by atoms with van der Waals surface area (Å²) in [4.78, 5) is 3.90. The number of aryl methyl sites for hydroxylation is 2. The van der Waals surface area contributed by atoms with Crippen molar-refractivity contribution in [2.75, 3.05) is 4.72 Å². The monoisotopic (exact) mass is 284 g/mol. The van der Waals surface area contributed by atoms with Gasteiger partial charge in [-0.05, 0) is 31.5 Å². The fraction of sp³-hybridized carbons (Fsp3) is 0.182. The fourth-order valence-electron chi connectivity index (χ4n) is 1.39. The Bertz CT molecular complexity index is 677. The van der Waals surface area contributed by atoms with Crippen molar-refractivity contribution in [3.63, 3.8) is 0 Å². The molecule has 0 radical (unpaired) electrons. The molecule has 0 amide bonds. The van der Waals surface area contributed by atoms with E-state index in [1.54, 1.807) is 13.0 Å². The maximum atomic E-state index is 12.0. The van der Waals surface area contributed by atoms with Crippen LogP contribution in [0, 0.1) is 13.8 Å². The molecule has 0 saturated heterocycles. The van der Waals surface area contributed by atoms with Crippen LogP contribution < -0.4 is 4.72 Å². The number of hydrogen-bond donors (Lipinski definition) is 2. The van der Waals surface area contributed by atoms with E-state index in [-0.39, 0.29) is 15.6 Å². The zero-order valence-electron chi connectivity index (χ0n) is 9.84. The highest BCUT2D eigenvalue weighted by atomic mass is 32.2. The molecule has 18 heavy (non-hydrogen) atoms. The second-order valence-corrected chi connectivity index (χ2v) is 6.97. The lowest BCUT2D eigenvalue weighted by Gasteiger charge is -2.08. The van der Waals surface area contributed by atoms with Gasteiger partial charge in [-0.15, -0.1) is 11.3 Å². The summed E-state index contributed by atoms with van der Waals surface area (Å²) in [6.45, 7) is 3.54. The summed E-state index contributed by atoms with van der Waals surface area (Å²) in [5, 5.41) is 10.3. The first-order chi connectivity index (χ1) is 8.38. The first-order valence-corrected chi connectivity index (χ1v) is 7.43. The molecule has 1 heterocycles. The number of thiazole rings is 1. The quantitative estimate of drug-likeness (QED) is 0.847. The van der Waals surface area contributed by atoms with E-state index in [2.05, 4.69) is 9.71 Å². The number of aromatic nitrogens is 1. The minimum atomic E-state index is -3.68. The summed E-state index contributed by atoms with van der Waals surface area (Å²) >= 11 is 1.08. The Balaban J connectivity index is 2.33. The van der Waals surface area contributed by atoms with Gasteiger partial charge in [-0.3, -0.25) is 4.72 Å². The summed E-state index contributed by atoms with van der Waals surface area (Å²) < 4.78 is 26.5. The SMILES string of the molecule is Cc1ccc(NS(=O)(=O)c2cnc(C)s2)c(O)c1. The molecule has 0 aliphatic carbocycles. The second kappa shape index (κ2) is 4.58. The van der Waals surface area contributed by atoms with E-state index in [9.17, 15) is 13.5 Å². The van der Waals surface area contributed by atoms with Gasteiger partial charge in [-0.1, -0.05) is 6.07 Å². The van der Waals surface area contributed by atoms with Crippen molar-refractivity contribution < 1.29 is 13.5 Å². The second-order valence-electron chi connectivity index (χ2n) is 3.82. The van der Waals surface area contributed by atoms with Crippen LogP contribution >= 0.6 is 11.3 Å². The van der Waals surface area contributed by atoms with Gasteiger partial charge in [0.2, 0.25) is 0 Å². The number of nitrogens with zero attached hydrogens (tertiary/aromatic N) is 1. The van der Waals surface area contributed by atoms with Crippen LogP contribution in [0.5, 0.6) is 5.75 Å². The molecule has 2 rings (SSSR count). The van der Waals surface area contributed by atoms with E-state index in [1.807, 2.05) is 6.92 Å². The number of hydrogen-bond acceptors (Lipinski definition) is 5. The van der Waals surface area contributed by atoms with E-state index in [4.69, 9.17) is 0 Å². The van der Waals surface area contributed by atoms with Crippen molar-refractivity contribution in [2.45, 2.75) is 18.1 Å². The molecule has 1 aromatic carbocycles. The van der Waals surface area contributed by atoms with Crippen LogP contribution in [-0.4, -0.2) is 18.5 Å². The minimum Gasteiger partial charge on any atom is -0.506 e. The molecule has 7 heteroatoms. The van der Waals surface area contributed by atoms with Gasteiger partial charge in [0, 0.05) is 0 Å². The van der Waals surface area contributed by atoms with E-state index < -0.39 is 10.0 Å². The minimum absolute atomic E-state index is 0.0974. The van der Waals surface area contributed by atoms with Crippen molar-refractivity contribution in [3.8, 4) is 5.75 Å². The van der Waals surface area contributed by atoms with Gasteiger partial charge in [0.25, 0.3) is 10.0 Å². The summed E-state index contributed by atoms with van der Waals surface area (Å²) in [6.07, 6.45) is 1.30. The average Bonchev–Trinajstić information content (AvgIpc) is 2.70. The van der Waals surface area contributed by atoms with Gasteiger partial charge >= 0.3 is 0 Å². The number of aromatic hydroxyl groups is 1. The van der Waals surface area contributed by atoms with Crippen LogP contribution in [0.4, 0.5) is 5.69 Å². The number of benzene rings is 1. The lowest BCUT2D eigenvalue weighted by molar-refractivity contribution is 0.477. The number of rotatable bonds is 3. The number of anilines is 1. The van der Waals surface area contributed by atoms with Gasteiger partial charge in [-0.25, -0.2) is 13.4 Å². The third kappa shape index (κ3) is 2.62. The Morgan fingerprint density at radius 1 is 1.33 bits per heavy atom. The Labute approximate surface area is 109 Å². The smallest absolute Gasteiger partial charge is 0.273 e. The lowest BCUT2D eigenvalue weighted by atomic mass is 10.2. The molecule has 0 bridgehead atoms. The van der Waals surface area contributed by atoms with Crippen LogP contribution in [0.15, 0.2) is 28.6 Å². The van der Waals surface area contributed by atoms with Crippen LogP contribution in [0.1, 0.15) is 10.6 Å². The van der Waals surface area contributed by atoms with Crippen LogP contribution in [0.3, 0.4) is 0 Å². The van der Waals surface area contributed by atoms with E-state index in [1.165, 1.54) is 18.3 Å². The molecule has 2 aromatic rings. The molecule has 96 valence electrons. The molecule has 0 spiro atoms. The van der Waals surface area contributed by atoms with Crippen molar-refractivity contribution >= 4 is 27.0 Å². The van der Waals surface area contributed by atoms with Crippen molar-refractivity contribution in [2.24, 2.45) is 0 Å². The average molecular weight is 284 g/mol. The summed E-state index contributed by atoms with van der Waals surface area (Å²) in [5.74, 6) is -0.0974. The molecule has 1 aromatic heterocycles. The molecule has 0 saturated carbocycles. The van der Waals surface area contributed by atoms with E-state index in [0.29, 0.717) is 5.01 Å². The van der Waals surface area contributed by atoms with Crippen LogP contribution in [-0.2, 0) is 10.0 Å². The van der Waals surface area contributed by atoms with Gasteiger partial charge in [0.1, 0.15) is 5.75 Å². The van der Waals surface area contributed by atoms with Gasteiger partial charge in [0.15, 0.2) is 4.21 Å². The molecule has 0 fully saturated rings. The van der Waals surface area contributed by atoms with E-state index >= 15 is 0 Å². The highest BCUT2D eigenvalue weighted by Crippen LogP contribution is 2.28. The topological polar surface area (TPSA) is 79.3 Å². The third-order valence-electron chi connectivity index (χ3n) is 2.26. The summed E-state index contributed by atoms with van der Waals surface area (Å²) in [7, 11) is -3.68. The molecule has 0 aliphatic rings. The Hall–Kier alpha value is -1.60. The lowest BCUT2D eigenvalue weighted by Crippen LogP contribution is -2.11. The number of phenolic OH excluding ortho intramolecular Hbond substituents is 1. The first kappa shape index (κ1) is 12.8. The largest absolute Gasteiger partial charge is 0.506 e. The van der Waals surface area contributed by atoms with Gasteiger partial charge in [0.05, 0.1) is 16.9 Å².